The van der Waals surface area contributed by atoms with Crippen molar-refractivity contribution in [1.29, 1.82) is 0 Å². The van der Waals surface area contributed by atoms with Crippen molar-refractivity contribution >= 4 is 0 Å². The van der Waals surface area contributed by atoms with E-state index < -0.39 is 17.3 Å². The van der Waals surface area contributed by atoms with Crippen LogP contribution in [-0.4, -0.2) is 27.5 Å². The van der Waals surface area contributed by atoms with Crippen molar-refractivity contribution in [2.45, 2.75) is 19.3 Å². The third-order valence-corrected chi connectivity index (χ3v) is 0.764. The smallest absolute Gasteiger partial charge is 1.00 e. The van der Waals surface area contributed by atoms with Crippen molar-refractivity contribution in [2.24, 2.45) is 0 Å². The quantitative estimate of drug-likeness (QED) is 0.180. The van der Waals surface area contributed by atoms with E-state index in [0.29, 0.717) is 0 Å². The van der Waals surface area contributed by atoms with E-state index in [1.54, 1.807) is 0 Å². The average molecular weight is 145 g/mol. The van der Waals surface area contributed by atoms with Gasteiger partial charge in [-0.1, -0.05) is 0 Å². The van der Waals surface area contributed by atoms with Gasteiger partial charge in [-0.15, -0.1) is 0 Å². The fraction of sp³-hybridized carbons (Fsp3) is 1.00. The summed E-state index contributed by atoms with van der Waals surface area (Å²) in [6.45, 7) is 1.12. The Morgan fingerprint density at radius 3 is 2.00 bits per heavy atom. The summed E-state index contributed by atoms with van der Waals surface area (Å²) in [5.74, 6) is 0. The zero-order valence-corrected chi connectivity index (χ0v) is 7.31. The second-order valence-corrected chi connectivity index (χ2v) is 1.44. The molecule has 0 spiro atoms. The number of hydrogen-bond acceptors (Lipinski definition) is 4. The third-order valence-electron chi connectivity index (χ3n) is 0.764. The Balaban J connectivity index is -0.000000245. The first-order valence-electron chi connectivity index (χ1n) is 2.05. The van der Waals surface area contributed by atoms with E-state index in [2.05, 4.69) is 0 Å². The van der Waals surface area contributed by atoms with E-state index in [4.69, 9.17) is 10.2 Å². The Morgan fingerprint density at radius 1 is 1.67 bits per heavy atom. The van der Waals surface area contributed by atoms with Crippen LogP contribution in [0.5, 0.6) is 0 Å². The number of aliphatic hydroxyl groups is 2. The molecule has 0 saturated heterocycles. The zero-order valence-electron chi connectivity index (χ0n) is 6.31. The molecule has 5 nitrogen and oxygen atoms in total. The minimum Gasteiger partial charge on any atom is -1.00 e. The minimum atomic E-state index is -1.86. The molecule has 1 unspecified atom stereocenters. The second kappa shape index (κ2) is 5.13. The average Bonchev–Trinajstić information content (AvgIpc) is 1.64. The van der Waals surface area contributed by atoms with Gasteiger partial charge in [0.25, 0.3) is 6.04 Å². The van der Waals surface area contributed by atoms with Crippen LogP contribution in [0.15, 0.2) is 0 Å². The number of hydrogen-bond donors (Lipinski definition) is 2. The normalized spacial score (nSPS) is 12.4. The van der Waals surface area contributed by atoms with Gasteiger partial charge in [0.15, 0.2) is 0 Å². The monoisotopic (exact) mass is 145 g/mol. The Bertz CT molecular complexity index is 101. The summed E-state index contributed by atoms with van der Waals surface area (Å²) in [7, 11) is 0. The molecule has 0 rings (SSSR count). The first-order valence-corrected chi connectivity index (χ1v) is 2.05. The van der Waals surface area contributed by atoms with Crippen molar-refractivity contribution in [2.75, 3.05) is 0 Å². The van der Waals surface area contributed by atoms with Crippen LogP contribution in [-0.2, 0) is 0 Å². The van der Waals surface area contributed by atoms with E-state index in [9.17, 15) is 10.1 Å². The van der Waals surface area contributed by atoms with E-state index in [1.165, 1.54) is 0 Å². The Kier molecular flexibility index (Phi) is 6.87. The molecule has 0 aromatic heterocycles. The fourth-order valence-corrected chi connectivity index (χ4v) is 0.109. The molecule has 0 saturated carbocycles. The molecule has 0 bridgehead atoms. The summed E-state index contributed by atoms with van der Waals surface area (Å²) in [4.78, 5) is 8.87. The molecule has 0 heterocycles. The van der Waals surface area contributed by atoms with Crippen molar-refractivity contribution < 1.29 is 46.1 Å². The van der Waals surface area contributed by atoms with Crippen LogP contribution in [0.1, 0.15) is 8.35 Å². The molecular weight excluding hydrogens is 137 g/mol. The largest absolute Gasteiger partial charge is 1.00 e. The summed E-state index contributed by atoms with van der Waals surface area (Å²) in [6, 6.07) is -1.30. The second-order valence-electron chi connectivity index (χ2n) is 1.44. The van der Waals surface area contributed by atoms with Gasteiger partial charge in [-0.25, -0.2) is 0 Å². The van der Waals surface area contributed by atoms with Crippen LogP contribution in [0.4, 0.5) is 0 Å². The Labute approximate surface area is 75.6 Å². The van der Waals surface area contributed by atoms with Gasteiger partial charge in [0, 0.05) is 11.8 Å². The molecule has 9 heavy (non-hydrogen) atoms. The molecule has 0 radical (unpaired) electrons. The molecule has 1 atom stereocenters. The van der Waals surface area contributed by atoms with E-state index >= 15 is 0 Å². The summed E-state index contributed by atoms with van der Waals surface area (Å²) in [5, 5.41) is 25.8. The van der Waals surface area contributed by atoms with Crippen LogP contribution in [0.25, 0.3) is 0 Å². The topological polar surface area (TPSA) is 83.6 Å². The van der Waals surface area contributed by atoms with Crippen LogP contribution in [0, 0.1) is 10.1 Å². The molecule has 0 amide bonds. The van der Waals surface area contributed by atoms with Crippen LogP contribution in [0.2, 0.25) is 0 Å². The summed E-state index contributed by atoms with van der Waals surface area (Å²) >= 11 is 0. The van der Waals surface area contributed by atoms with E-state index in [0.717, 1.165) is 6.92 Å². The summed E-state index contributed by atoms with van der Waals surface area (Å²) in [5.41, 5.74) is 0. The van der Waals surface area contributed by atoms with Gasteiger partial charge in [-0.3, -0.25) is 10.1 Å². The number of nitrogens with zero attached hydrogens (tertiary/aromatic N) is 1. The van der Waals surface area contributed by atoms with Gasteiger partial charge in [0.05, 0.1) is 0 Å². The molecule has 50 valence electrons. The van der Waals surface area contributed by atoms with Gasteiger partial charge in [0.2, 0.25) is 6.29 Å². The van der Waals surface area contributed by atoms with Crippen LogP contribution in [0.3, 0.4) is 0 Å². The first-order chi connectivity index (χ1) is 3.55. The molecule has 2 N–H and O–H groups in total. The maximum atomic E-state index is 9.63. The molecule has 6 heteroatoms. The van der Waals surface area contributed by atoms with Crippen molar-refractivity contribution in [3.05, 3.63) is 10.1 Å². The minimum absolute atomic E-state index is 0. The van der Waals surface area contributed by atoms with E-state index in [1.807, 2.05) is 0 Å². The molecule has 0 aliphatic carbocycles. The number of aliphatic hydroxyl groups excluding tert-OH is 1. The summed E-state index contributed by atoms with van der Waals surface area (Å²) in [6.07, 6.45) is -1.86. The standard InChI is InChI=1S/C3H7NO4.Na.H/c1-2(3(5)6)4(7)8;;/h2-3,5-6H,1H3;;/q;+1;-1. The van der Waals surface area contributed by atoms with Gasteiger partial charge >= 0.3 is 29.6 Å². The zero-order chi connectivity index (χ0) is 6.73. The number of nitro groups is 1. The number of rotatable bonds is 2. The maximum Gasteiger partial charge on any atom is 1.00 e. The summed E-state index contributed by atoms with van der Waals surface area (Å²) < 4.78 is 0. The van der Waals surface area contributed by atoms with Gasteiger partial charge in [0.1, 0.15) is 0 Å². The van der Waals surface area contributed by atoms with Crippen molar-refractivity contribution in [3.8, 4) is 0 Å². The third kappa shape index (κ3) is 4.80. The van der Waals surface area contributed by atoms with Crippen LogP contribution >= 0.6 is 0 Å². The molecule has 0 aliphatic rings. The van der Waals surface area contributed by atoms with Gasteiger partial charge < -0.3 is 11.6 Å². The van der Waals surface area contributed by atoms with Crippen LogP contribution < -0.4 is 29.6 Å². The molecular formula is C3H8NNaO4. The fourth-order valence-electron chi connectivity index (χ4n) is 0.109. The Morgan fingerprint density at radius 2 is 2.00 bits per heavy atom. The molecule has 0 fully saturated rings. The predicted octanol–water partition coefficient (Wildman–Crippen LogP) is -3.92. The van der Waals surface area contributed by atoms with Crippen molar-refractivity contribution in [3.63, 3.8) is 0 Å². The SMILES string of the molecule is CC(C(O)O)[N+](=O)[O-].[H-].[Na+]. The molecule has 0 aromatic carbocycles. The first kappa shape index (κ1) is 12.0. The van der Waals surface area contributed by atoms with Gasteiger partial charge in [-0.05, 0) is 0 Å². The van der Waals surface area contributed by atoms with Gasteiger partial charge in [-0.2, -0.15) is 0 Å². The Hall–Kier alpha value is 0.320. The molecule has 0 aliphatic heterocycles. The molecule has 0 aromatic rings. The maximum absolute atomic E-state index is 9.63. The van der Waals surface area contributed by atoms with Crippen molar-refractivity contribution in [1.82, 2.24) is 0 Å². The predicted molar refractivity (Wildman–Crippen MR) is 25.8 cm³/mol. The van der Waals surface area contributed by atoms with E-state index in [-0.39, 0.29) is 31.0 Å².